The molecule has 0 saturated carbocycles. The summed E-state index contributed by atoms with van der Waals surface area (Å²) < 4.78 is 10.9. The van der Waals surface area contributed by atoms with Crippen LogP contribution >= 0.6 is 0 Å². The fourth-order valence-electron chi connectivity index (χ4n) is 4.69. The van der Waals surface area contributed by atoms with Gasteiger partial charge < -0.3 is 14.5 Å². The van der Waals surface area contributed by atoms with Crippen LogP contribution in [0.5, 0.6) is 11.5 Å². The fourth-order valence-corrected chi connectivity index (χ4v) is 4.69. The molecule has 4 aromatic carbocycles. The van der Waals surface area contributed by atoms with Gasteiger partial charge in [-0.3, -0.25) is 4.79 Å². The van der Waals surface area contributed by atoms with E-state index in [1.807, 2.05) is 91.0 Å². The Morgan fingerprint density at radius 3 is 2.09 bits per heavy atom. The molecule has 170 valence electrons. The molecular weight excluding hydrogens is 436 g/mol. The predicted molar refractivity (Wildman–Crippen MR) is 137 cm³/mol. The predicted octanol–water partition coefficient (Wildman–Crippen LogP) is 6.64. The van der Waals surface area contributed by atoms with Crippen LogP contribution in [-0.4, -0.2) is 30.0 Å². The lowest BCUT2D eigenvalue weighted by Gasteiger charge is -2.08. The van der Waals surface area contributed by atoms with Crippen molar-refractivity contribution >= 4 is 5.78 Å². The maximum atomic E-state index is 13.1. The summed E-state index contributed by atoms with van der Waals surface area (Å²) in [6.07, 6.45) is 0. The lowest BCUT2D eigenvalue weighted by atomic mass is 9.99. The van der Waals surface area contributed by atoms with Crippen molar-refractivity contribution in [2.75, 3.05) is 14.2 Å². The molecule has 6 rings (SSSR count). The Labute approximate surface area is 203 Å². The summed E-state index contributed by atoms with van der Waals surface area (Å²) >= 11 is 0. The van der Waals surface area contributed by atoms with Crippen LogP contribution in [0, 0.1) is 0 Å². The van der Waals surface area contributed by atoms with E-state index >= 15 is 0 Å². The number of methoxy groups -OCH3 is 2. The molecule has 1 aliphatic rings. The van der Waals surface area contributed by atoms with Crippen molar-refractivity contribution in [3.63, 3.8) is 0 Å². The van der Waals surface area contributed by atoms with Crippen LogP contribution in [0.2, 0.25) is 0 Å². The SMILES string of the molecule is COc1ccc(-c2nc(-c3ccc4c(c3)C(=O)c3ccccc3-4)c(-c3ccccc3)[nH]2)cc1OC. The molecule has 0 fully saturated rings. The lowest BCUT2D eigenvalue weighted by Crippen LogP contribution is -1.95. The summed E-state index contributed by atoms with van der Waals surface area (Å²) in [5.41, 5.74) is 7.83. The first-order valence-electron chi connectivity index (χ1n) is 11.3. The van der Waals surface area contributed by atoms with Gasteiger partial charge in [-0.15, -0.1) is 0 Å². The number of ether oxygens (including phenoxy) is 2. The number of H-pyrrole nitrogens is 1. The van der Waals surface area contributed by atoms with Crippen molar-refractivity contribution in [3.05, 3.63) is 102 Å². The number of benzene rings is 4. The molecule has 0 aliphatic heterocycles. The molecule has 0 spiro atoms. The molecule has 1 N–H and O–H groups in total. The Balaban J connectivity index is 1.51. The summed E-state index contributed by atoms with van der Waals surface area (Å²) in [7, 11) is 3.23. The standard InChI is InChI=1S/C30H22N2O3/c1-34-25-15-13-20(17-26(25)35-2)30-31-27(18-8-4-3-5-9-18)28(32-30)19-12-14-22-21-10-6-7-11-23(21)29(33)24(22)16-19/h3-17H,1-2H3,(H,31,32). The van der Waals surface area contributed by atoms with Gasteiger partial charge in [0.1, 0.15) is 5.82 Å². The summed E-state index contributed by atoms with van der Waals surface area (Å²) in [6, 6.07) is 29.6. The summed E-state index contributed by atoms with van der Waals surface area (Å²) in [5.74, 6) is 2.04. The van der Waals surface area contributed by atoms with E-state index in [1.54, 1.807) is 14.2 Å². The average molecular weight is 459 g/mol. The highest BCUT2D eigenvalue weighted by Gasteiger charge is 2.27. The zero-order chi connectivity index (χ0) is 23.9. The van der Waals surface area contributed by atoms with E-state index in [-0.39, 0.29) is 5.78 Å². The van der Waals surface area contributed by atoms with Crippen molar-refractivity contribution in [2.24, 2.45) is 0 Å². The minimum Gasteiger partial charge on any atom is -0.493 e. The van der Waals surface area contributed by atoms with Crippen molar-refractivity contribution in [1.29, 1.82) is 0 Å². The van der Waals surface area contributed by atoms with Crippen molar-refractivity contribution in [1.82, 2.24) is 9.97 Å². The maximum Gasteiger partial charge on any atom is 0.194 e. The van der Waals surface area contributed by atoms with Gasteiger partial charge in [-0.1, -0.05) is 66.7 Å². The summed E-state index contributed by atoms with van der Waals surface area (Å²) in [6.45, 7) is 0. The molecule has 5 aromatic rings. The Morgan fingerprint density at radius 2 is 1.31 bits per heavy atom. The van der Waals surface area contributed by atoms with Crippen molar-refractivity contribution in [3.8, 4) is 56.5 Å². The Morgan fingerprint density at radius 1 is 0.629 bits per heavy atom. The number of fused-ring (bicyclic) bond motifs is 3. The van der Waals surface area contributed by atoms with E-state index in [4.69, 9.17) is 14.5 Å². The average Bonchev–Trinajstić information content (AvgIpc) is 3.49. The van der Waals surface area contributed by atoms with Gasteiger partial charge in [0, 0.05) is 27.8 Å². The van der Waals surface area contributed by atoms with E-state index in [9.17, 15) is 4.79 Å². The third kappa shape index (κ3) is 3.40. The zero-order valence-electron chi connectivity index (χ0n) is 19.3. The second kappa shape index (κ2) is 8.29. The van der Waals surface area contributed by atoms with Crippen molar-refractivity contribution < 1.29 is 14.3 Å². The van der Waals surface area contributed by atoms with Gasteiger partial charge in [-0.2, -0.15) is 0 Å². The highest BCUT2D eigenvalue weighted by atomic mass is 16.5. The van der Waals surface area contributed by atoms with E-state index in [0.717, 1.165) is 44.8 Å². The summed E-state index contributed by atoms with van der Waals surface area (Å²) in [4.78, 5) is 21.6. The van der Waals surface area contributed by atoms with Crippen LogP contribution in [0.4, 0.5) is 0 Å². The van der Waals surface area contributed by atoms with Crippen LogP contribution in [0.25, 0.3) is 45.0 Å². The largest absolute Gasteiger partial charge is 0.493 e. The molecule has 0 unspecified atom stereocenters. The first kappa shape index (κ1) is 20.9. The second-order valence-electron chi connectivity index (χ2n) is 8.38. The first-order chi connectivity index (χ1) is 17.2. The number of hydrogen-bond acceptors (Lipinski definition) is 4. The monoisotopic (exact) mass is 458 g/mol. The fraction of sp³-hybridized carbons (Fsp3) is 0.0667. The van der Waals surface area contributed by atoms with E-state index in [2.05, 4.69) is 4.98 Å². The Bertz CT molecular complexity index is 1590. The minimum absolute atomic E-state index is 0.0503. The number of aromatic nitrogens is 2. The van der Waals surface area contributed by atoms with Gasteiger partial charge >= 0.3 is 0 Å². The molecule has 1 aliphatic carbocycles. The lowest BCUT2D eigenvalue weighted by molar-refractivity contribution is 0.104. The van der Waals surface area contributed by atoms with Gasteiger partial charge in [-0.25, -0.2) is 4.98 Å². The van der Waals surface area contributed by atoms with E-state index in [1.165, 1.54) is 0 Å². The van der Waals surface area contributed by atoms with Crippen LogP contribution < -0.4 is 9.47 Å². The smallest absolute Gasteiger partial charge is 0.194 e. The molecule has 5 nitrogen and oxygen atoms in total. The van der Waals surface area contributed by atoms with Gasteiger partial charge in [0.05, 0.1) is 25.6 Å². The number of carbonyl (C=O) groups excluding carboxylic acids is 1. The number of aromatic amines is 1. The molecule has 0 saturated heterocycles. The molecule has 0 bridgehead atoms. The number of imidazole rings is 1. The molecule has 0 atom stereocenters. The van der Waals surface area contributed by atoms with Crippen LogP contribution in [0.15, 0.2) is 91.0 Å². The van der Waals surface area contributed by atoms with E-state index in [0.29, 0.717) is 22.9 Å². The number of ketones is 1. The molecule has 0 amide bonds. The number of nitrogens with one attached hydrogen (secondary N) is 1. The topological polar surface area (TPSA) is 64.2 Å². The Kier molecular flexibility index (Phi) is 4.96. The van der Waals surface area contributed by atoms with Crippen LogP contribution in [0.1, 0.15) is 15.9 Å². The highest BCUT2D eigenvalue weighted by molar-refractivity contribution is 6.22. The molecule has 1 heterocycles. The molecule has 5 heteroatoms. The number of carbonyl (C=O) groups is 1. The third-order valence-corrected chi connectivity index (χ3v) is 6.42. The normalized spacial score (nSPS) is 11.8. The van der Waals surface area contributed by atoms with Gasteiger partial charge in [-0.05, 0) is 35.4 Å². The first-order valence-corrected chi connectivity index (χ1v) is 11.3. The minimum atomic E-state index is 0.0503. The maximum absolute atomic E-state index is 13.1. The number of nitrogens with zero attached hydrogens (tertiary/aromatic N) is 1. The third-order valence-electron chi connectivity index (χ3n) is 6.42. The number of rotatable bonds is 5. The van der Waals surface area contributed by atoms with Gasteiger partial charge in [0.2, 0.25) is 0 Å². The van der Waals surface area contributed by atoms with E-state index < -0.39 is 0 Å². The molecule has 1 aromatic heterocycles. The highest BCUT2D eigenvalue weighted by Crippen LogP contribution is 2.41. The van der Waals surface area contributed by atoms with Crippen molar-refractivity contribution in [2.45, 2.75) is 0 Å². The quantitative estimate of drug-likeness (QED) is 0.315. The number of hydrogen-bond donors (Lipinski definition) is 1. The van der Waals surface area contributed by atoms with Crippen LogP contribution in [-0.2, 0) is 0 Å². The molecule has 0 radical (unpaired) electrons. The Hall–Kier alpha value is -4.64. The molecular formula is C30H22N2O3. The van der Waals surface area contributed by atoms with Gasteiger partial charge in [0.15, 0.2) is 17.3 Å². The van der Waals surface area contributed by atoms with Crippen LogP contribution in [0.3, 0.4) is 0 Å². The summed E-state index contributed by atoms with van der Waals surface area (Å²) in [5, 5.41) is 0. The zero-order valence-corrected chi connectivity index (χ0v) is 19.3. The second-order valence-corrected chi connectivity index (χ2v) is 8.38. The van der Waals surface area contributed by atoms with Gasteiger partial charge in [0.25, 0.3) is 0 Å². The molecule has 35 heavy (non-hydrogen) atoms.